The molecule has 0 radical (unpaired) electrons. The van der Waals surface area contributed by atoms with Crippen molar-refractivity contribution < 1.29 is 9.72 Å². The van der Waals surface area contributed by atoms with Gasteiger partial charge in [0.25, 0.3) is 11.6 Å². The molecule has 144 valence electrons. The van der Waals surface area contributed by atoms with Gasteiger partial charge in [-0.05, 0) is 44.0 Å². The molecule has 0 aliphatic carbocycles. The van der Waals surface area contributed by atoms with Crippen molar-refractivity contribution in [1.82, 2.24) is 14.7 Å². The van der Waals surface area contributed by atoms with Gasteiger partial charge >= 0.3 is 0 Å². The molecule has 1 amide bonds. The summed E-state index contributed by atoms with van der Waals surface area (Å²) in [5, 5.41) is 15.4. The summed E-state index contributed by atoms with van der Waals surface area (Å²) < 4.78 is 1.74. The Bertz CT molecular complexity index is 1040. The maximum absolute atomic E-state index is 13.0. The van der Waals surface area contributed by atoms with Crippen molar-refractivity contribution in [3.63, 3.8) is 0 Å². The second-order valence-electron chi connectivity index (χ2n) is 6.84. The first-order valence-electron chi connectivity index (χ1n) is 8.92. The number of carbonyl (C=O) groups is 1. The molecule has 1 aromatic heterocycles. The third-order valence-corrected chi connectivity index (χ3v) is 4.95. The number of nitrogens with zero attached hydrogens (tertiary/aromatic N) is 4. The fourth-order valence-electron chi connectivity index (χ4n) is 3.13. The van der Waals surface area contributed by atoms with Crippen LogP contribution in [0.2, 0.25) is 0 Å². The minimum atomic E-state index is -0.436. The number of carbonyl (C=O) groups excluding carboxylic acids is 1. The Morgan fingerprint density at radius 1 is 1.18 bits per heavy atom. The highest BCUT2D eigenvalue weighted by molar-refractivity contribution is 5.95. The van der Waals surface area contributed by atoms with Gasteiger partial charge in [-0.2, -0.15) is 5.10 Å². The van der Waals surface area contributed by atoms with Gasteiger partial charge < -0.3 is 4.90 Å². The minimum absolute atomic E-state index is 0.00801. The van der Waals surface area contributed by atoms with Crippen LogP contribution in [-0.2, 0) is 0 Å². The third kappa shape index (κ3) is 3.64. The first-order chi connectivity index (χ1) is 13.3. The topological polar surface area (TPSA) is 81.3 Å². The minimum Gasteiger partial charge on any atom is -0.335 e. The molecular weight excluding hydrogens is 356 g/mol. The molecular formula is C21H22N4O3. The zero-order valence-electron chi connectivity index (χ0n) is 16.3. The summed E-state index contributed by atoms with van der Waals surface area (Å²) in [6.45, 7) is 5.70. The maximum atomic E-state index is 13.0. The fraction of sp³-hybridized carbons (Fsp3) is 0.238. The molecule has 0 saturated carbocycles. The summed E-state index contributed by atoms with van der Waals surface area (Å²) in [4.78, 5) is 25.2. The summed E-state index contributed by atoms with van der Waals surface area (Å²) in [6, 6.07) is 13.9. The first kappa shape index (κ1) is 19.3. The Labute approximate surface area is 163 Å². The number of benzene rings is 2. The Hall–Kier alpha value is -3.48. The number of nitro benzene ring substituents is 1. The van der Waals surface area contributed by atoms with E-state index in [0.717, 1.165) is 16.9 Å². The van der Waals surface area contributed by atoms with Gasteiger partial charge in [-0.15, -0.1) is 0 Å². The second kappa shape index (κ2) is 7.64. The predicted molar refractivity (Wildman–Crippen MR) is 107 cm³/mol. The van der Waals surface area contributed by atoms with E-state index in [9.17, 15) is 14.9 Å². The van der Waals surface area contributed by atoms with Crippen LogP contribution in [0.15, 0.2) is 54.7 Å². The van der Waals surface area contributed by atoms with E-state index in [1.54, 1.807) is 35.0 Å². The third-order valence-electron chi connectivity index (χ3n) is 4.95. The predicted octanol–water partition coefficient (Wildman–Crippen LogP) is 4.23. The van der Waals surface area contributed by atoms with Crippen LogP contribution in [-0.4, -0.2) is 32.6 Å². The molecule has 28 heavy (non-hydrogen) atoms. The van der Waals surface area contributed by atoms with Crippen LogP contribution in [0, 0.1) is 24.0 Å². The van der Waals surface area contributed by atoms with Gasteiger partial charge in [-0.3, -0.25) is 14.9 Å². The normalized spacial score (nSPS) is 11.9. The van der Waals surface area contributed by atoms with E-state index < -0.39 is 4.92 Å². The summed E-state index contributed by atoms with van der Waals surface area (Å²) >= 11 is 0. The van der Waals surface area contributed by atoms with Crippen molar-refractivity contribution in [3.05, 3.63) is 87.2 Å². The molecule has 3 rings (SSSR count). The molecule has 7 heteroatoms. The second-order valence-corrected chi connectivity index (χ2v) is 6.84. The summed E-state index contributed by atoms with van der Waals surface area (Å²) in [7, 11) is 1.69. The molecule has 0 bridgehead atoms. The SMILES string of the molecule is Cc1cccc(-n2ncc(C(=O)N(C)C(C)c3cccc([N+](=O)[O-])c3)c2C)c1. The van der Waals surface area contributed by atoms with Crippen molar-refractivity contribution in [3.8, 4) is 5.69 Å². The number of non-ortho nitro benzene ring substituents is 1. The van der Waals surface area contributed by atoms with Gasteiger partial charge in [-0.25, -0.2) is 4.68 Å². The number of rotatable bonds is 5. The van der Waals surface area contributed by atoms with Gasteiger partial charge in [0.05, 0.1) is 34.1 Å². The molecule has 0 aliphatic heterocycles. The van der Waals surface area contributed by atoms with E-state index in [2.05, 4.69) is 5.10 Å². The average Bonchev–Trinajstić information content (AvgIpc) is 3.07. The lowest BCUT2D eigenvalue weighted by Gasteiger charge is -2.25. The molecule has 0 aliphatic rings. The smallest absolute Gasteiger partial charge is 0.269 e. The highest BCUT2D eigenvalue weighted by Crippen LogP contribution is 2.25. The largest absolute Gasteiger partial charge is 0.335 e. The molecule has 0 fully saturated rings. The van der Waals surface area contributed by atoms with Gasteiger partial charge in [0.15, 0.2) is 0 Å². The maximum Gasteiger partial charge on any atom is 0.269 e. The molecule has 1 heterocycles. The monoisotopic (exact) mass is 378 g/mol. The zero-order chi connectivity index (χ0) is 20.4. The van der Waals surface area contributed by atoms with Gasteiger partial charge in [0.2, 0.25) is 0 Å². The van der Waals surface area contributed by atoms with E-state index in [4.69, 9.17) is 0 Å². The highest BCUT2D eigenvalue weighted by Gasteiger charge is 2.24. The van der Waals surface area contributed by atoms with E-state index in [1.807, 2.05) is 45.0 Å². The standard InChI is InChI=1S/C21H22N4O3/c1-14-7-5-9-18(11-14)24-16(3)20(13-22-24)21(26)23(4)15(2)17-8-6-10-19(12-17)25(27)28/h5-13,15H,1-4H3. The Kier molecular flexibility index (Phi) is 5.26. The van der Waals surface area contributed by atoms with Crippen LogP contribution < -0.4 is 0 Å². The highest BCUT2D eigenvalue weighted by atomic mass is 16.6. The molecule has 0 N–H and O–H groups in total. The van der Waals surface area contributed by atoms with Crippen LogP contribution in [0.3, 0.4) is 0 Å². The Morgan fingerprint density at radius 3 is 2.57 bits per heavy atom. The number of hydrogen-bond donors (Lipinski definition) is 0. The summed E-state index contributed by atoms with van der Waals surface area (Å²) in [5.41, 5.74) is 3.96. The van der Waals surface area contributed by atoms with Gasteiger partial charge in [0.1, 0.15) is 0 Å². The van der Waals surface area contributed by atoms with Gasteiger partial charge in [-0.1, -0.05) is 24.3 Å². The van der Waals surface area contributed by atoms with E-state index in [-0.39, 0.29) is 17.6 Å². The summed E-state index contributed by atoms with van der Waals surface area (Å²) in [5.74, 6) is -0.185. The lowest BCUT2D eigenvalue weighted by atomic mass is 10.1. The van der Waals surface area contributed by atoms with Crippen molar-refractivity contribution in [2.45, 2.75) is 26.8 Å². The Morgan fingerprint density at radius 2 is 1.89 bits per heavy atom. The van der Waals surface area contributed by atoms with E-state index in [0.29, 0.717) is 11.1 Å². The van der Waals surface area contributed by atoms with Crippen molar-refractivity contribution in [2.75, 3.05) is 7.05 Å². The number of amides is 1. The van der Waals surface area contributed by atoms with Crippen LogP contribution in [0.5, 0.6) is 0 Å². The molecule has 0 saturated heterocycles. The zero-order valence-corrected chi connectivity index (χ0v) is 16.3. The van der Waals surface area contributed by atoms with Crippen molar-refractivity contribution >= 4 is 11.6 Å². The number of hydrogen-bond acceptors (Lipinski definition) is 4. The van der Waals surface area contributed by atoms with Crippen molar-refractivity contribution in [1.29, 1.82) is 0 Å². The molecule has 7 nitrogen and oxygen atoms in total. The molecule has 1 atom stereocenters. The summed E-state index contributed by atoms with van der Waals surface area (Å²) in [6.07, 6.45) is 1.57. The van der Waals surface area contributed by atoms with Crippen LogP contribution >= 0.6 is 0 Å². The molecule has 3 aromatic rings. The van der Waals surface area contributed by atoms with Crippen LogP contribution in [0.1, 0.15) is 40.1 Å². The van der Waals surface area contributed by atoms with E-state index in [1.165, 1.54) is 12.1 Å². The lowest BCUT2D eigenvalue weighted by molar-refractivity contribution is -0.384. The number of aromatic nitrogens is 2. The number of aryl methyl sites for hydroxylation is 1. The van der Waals surface area contributed by atoms with E-state index >= 15 is 0 Å². The Balaban J connectivity index is 1.88. The van der Waals surface area contributed by atoms with Crippen LogP contribution in [0.25, 0.3) is 5.69 Å². The quantitative estimate of drug-likeness (QED) is 0.491. The van der Waals surface area contributed by atoms with Gasteiger partial charge in [0, 0.05) is 19.2 Å². The fourth-order valence-corrected chi connectivity index (χ4v) is 3.13. The number of nitro groups is 1. The average molecular weight is 378 g/mol. The molecule has 1 unspecified atom stereocenters. The first-order valence-corrected chi connectivity index (χ1v) is 8.92. The lowest BCUT2D eigenvalue weighted by Crippen LogP contribution is -2.30. The van der Waals surface area contributed by atoms with Crippen molar-refractivity contribution in [2.24, 2.45) is 0 Å². The molecule has 2 aromatic carbocycles. The molecule has 0 spiro atoms. The van der Waals surface area contributed by atoms with Crippen LogP contribution in [0.4, 0.5) is 5.69 Å².